The zero-order valence-electron chi connectivity index (χ0n) is 7.13. The van der Waals surface area contributed by atoms with Crippen LogP contribution in [-0.2, 0) is 0 Å². The second kappa shape index (κ2) is 3.28. The van der Waals surface area contributed by atoms with Gasteiger partial charge in [0, 0.05) is 11.9 Å². The lowest BCUT2D eigenvalue weighted by molar-refractivity contribution is 1.24. The number of nitrogens with zero attached hydrogens (tertiary/aromatic N) is 2. The highest BCUT2D eigenvalue weighted by Crippen LogP contribution is 2.08. The summed E-state index contributed by atoms with van der Waals surface area (Å²) in [6, 6.07) is 3.93. The number of aromatic nitrogens is 1. The lowest BCUT2D eigenvalue weighted by Gasteiger charge is -1.94. The van der Waals surface area contributed by atoms with E-state index < -0.39 is 0 Å². The first kappa shape index (κ1) is 7.92. The molecule has 0 unspecified atom stereocenters. The number of aliphatic imine (C=N–C) groups is 1. The van der Waals surface area contributed by atoms with Gasteiger partial charge in [0.05, 0.1) is 0 Å². The SMILES string of the molecule is CC(C)=Nc1cc(C)ccn1. The summed E-state index contributed by atoms with van der Waals surface area (Å²) in [4.78, 5) is 8.32. The van der Waals surface area contributed by atoms with Gasteiger partial charge in [0.15, 0.2) is 5.82 Å². The summed E-state index contributed by atoms with van der Waals surface area (Å²) < 4.78 is 0. The molecule has 0 atom stereocenters. The van der Waals surface area contributed by atoms with E-state index in [4.69, 9.17) is 0 Å². The molecule has 1 heterocycles. The third-order valence-corrected chi connectivity index (χ3v) is 1.24. The molecule has 1 rings (SSSR count). The Kier molecular flexibility index (Phi) is 2.36. The third-order valence-electron chi connectivity index (χ3n) is 1.24. The van der Waals surface area contributed by atoms with Crippen LogP contribution in [-0.4, -0.2) is 10.7 Å². The van der Waals surface area contributed by atoms with E-state index in [1.165, 1.54) is 5.56 Å². The minimum atomic E-state index is 0.796. The molecule has 0 spiro atoms. The van der Waals surface area contributed by atoms with Crippen molar-refractivity contribution in [2.45, 2.75) is 20.8 Å². The number of hydrogen-bond donors (Lipinski definition) is 0. The maximum atomic E-state index is 4.23. The molecule has 0 aliphatic rings. The first-order chi connectivity index (χ1) is 5.18. The summed E-state index contributed by atoms with van der Waals surface area (Å²) in [5, 5.41) is 0. The molecule has 0 saturated heterocycles. The molecule has 0 saturated carbocycles. The summed E-state index contributed by atoms with van der Waals surface area (Å²) in [6.07, 6.45) is 1.77. The predicted octanol–water partition coefficient (Wildman–Crippen LogP) is 2.50. The van der Waals surface area contributed by atoms with E-state index in [1.807, 2.05) is 32.9 Å². The molecule has 0 aliphatic heterocycles. The van der Waals surface area contributed by atoms with Crippen molar-refractivity contribution in [1.82, 2.24) is 4.98 Å². The van der Waals surface area contributed by atoms with Gasteiger partial charge in [0.25, 0.3) is 0 Å². The van der Waals surface area contributed by atoms with E-state index in [0.717, 1.165) is 11.5 Å². The third kappa shape index (κ3) is 2.50. The van der Waals surface area contributed by atoms with Crippen molar-refractivity contribution >= 4 is 11.5 Å². The Labute approximate surface area is 67.0 Å². The van der Waals surface area contributed by atoms with E-state index >= 15 is 0 Å². The maximum absolute atomic E-state index is 4.23. The van der Waals surface area contributed by atoms with Gasteiger partial charge in [0.1, 0.15) is 0 Å². The van der Waals surface area contributed by atoms with Crippen molar-refractivity contribution in [1.29, 1.82) is 0 Å². The van der Waals surface area contributed by atoms with Crippen molar-refractivity contribution in [3.8, 4) is 0 Å². The molecule has 0 aliphatic carbocycles. The molecule has 1 aromatic rings. The lowest BCUT2D eigenvalue weighted by Crippen LogP contribution is -1.81. The summed E-state index contributed by atoms with van der Waals surface area (Å²) >= 11 is 0. The Morgan fingerprint density at radius 3 is 2.73 bits per heavy atom. The summed E-state index contributed by atoms with van der Waals surface area (Å²) in [5.74, 6) is 0.796. The zero-order chi connectivity index (χ0) is 8.27. The van der Waals surface area contributed by atoms with E-state index in [2.05, 4.69) is 9.98 Å². The molecule has 0 amide bonds. The number of aryl methyl sites for hydroxylation is 1. The van der Waals surface area contributed by atoms with Crippen molar-refractivity contribution in [3.63, 3.8) is 0 Å². The second-order valence-electron chi connectivity index (χ2n) is 2.75. The van der Waals surface area contributed by atoms with E-state index in [0.29, 0.717) is 0 Å². The van der Waals surface area contributed by atoms with Crippen molar-refractivity contribution < 1.29 is 0 Å². The van der Waals surface area contributed by atoms with Gasteiger partial charge < -0.3 is 0 Å². The number of hydrogen-bond acceptors (Lipinski definition) is 2. The number of rotatable bonds is 1. The summed E-state index contributed by atoms with van der Waals surface area (Å²) in [6.45, 7) is 5.96. The average Bonchev–Trinajstić information content (AvgIpc) is 1.85. The minimum Gasteiger partial charge on any atom is -0.239 e. The second-order valence-corrected chi connectivity index (χ2v) is 2.75. The van der Waals surface area contributed by atoms with Crippen LogP contribution in [0.1, 0.15) is 19.4 Å². The standard InChI is InChI=1S/C9H12N2/c1-7(2)11-9-6-8(3)4-5-10-9/h4-6H,1-3H3. The Morgan fingerprint density at radius 1 is 1.45 bits per heavy atom. The summed E-state index contributed by atoms with van der Waals surface area (Å²) in [7, 11) is 0. The smallest absolute Gasteiger partial charge is 0.151 e. The fourth-order valence-corrected chi connectivity index (χ4v) is 0.810. The maximum Gasteiger partial charge on any atom is 0.151 e. The van der Waals surface area contributed by atoms with Gasteiger partial charge >= 0.3 is 0 Å². The van der Waals surface area contributed by atoms with Gasteiger partial charge in [-0.05, 0) is 38.5 Å². The van der Waals surface area contributed by atoms with Gasteiger partial charge in [0.2, 0.25) is 0 Å². The van der Waals surface area contributed by atoms with E-state index in [1.54, 1.807) is 6.20 Å². The molecule has 11 heavy (non-hydrogen) atoms. The highest BCUT2D eigenvalue weighted by atomic mass is 14.9. The number of pyridine rings is 1. The van der Waals surface area contributed by atoms with Crippen LogP contribution in [0.25, 0.3) is 0 Å². The van der Waals surface area contributed by atoms with Gasteiger partial charge in [-0.1, -0.05) is 0 Å². The molecule has 0 radical (unpaired) electrons. The molecule has 2 nitrogen and oxygen atoms in total. The molecule has 0 fully saturated rings. The van der Waals surface area contributed by atoms with Crippen LogP contribution in [0.3, 0.4) is 0 Å². The molecular formula is C9H12N2. The highest BCUT2D eigenvalue weighted by molar-refractivity contribution is 5.81. The van der Waals surface area contributed by atoms with E-state index in [-0.39, 0.29) is 0 Å². The molecule has 0 bridgehead atoms. The van der Waals surface area contributed by atoms with Crippen LogP contribution in [0, 0.1) is 6.92 Å². The molecule has 0 N–H and O–H groups in total. The van der Waals surface area contributed by atoms with Gasteiger partial charge in [-0.15, -0.1) is 0 Å². The van der Waals surface area contributed by atoms with Crippen LogP contribution in [0.15, 0.2) is 23.3 Å². The first-order valence-corrected chi connectivity index (χ1v) is 3.63. The van der Waals surface area contributed by atoms with Crippen LogP contribution in [0.4, 0.5) is 5.82 Å². The Hall–Kier alpha value is -1.18. The van der Waals surface area contributed by atoms with Crippen molar-refractivity contribution in [2.75, 3.05) is 0 Å². The quantitative estimate of drug-likeness (QED) is 0.562. The Balaban J connectivity index is 2.97. The lowest BCUT2D eigenvalue weighted by atomic mass is 10.3. The van der Waals surface area contributed by atoms with Gasteiger partial charge in [-0.25, -0.2) is 9.98 Å². The average molecular weight is 148 g/mol. The van der Waals surface area contributed by atoms with E-state index in [9.17, 15) is 0 Å². The monoisotopic (exact) mass is 148 g/mol. The fraction of sp³-hybridized carbons (Fsp3) is 0.333. The van der Waals surface area contributed by atoms with Crippen LogP contribution in [0.5, 0.6) is 0 Å². The van der Waals surface area contributed by atoms with Gasteiger partial charge in [-0.2, -0.15) is 0 Å². The normalized spacial score (nSPS) is 9.36. The van der Waals surface area contributed by atoms with Crippen LogP contribution >= 0.6 is 0 Å². The molecule has 58 valence electrons. The summed E-state index contributed by atoms with van der Waals surface area (Å²) in [5.41, 5.74) is 2.23. The topological polar surface area (TPSA) is 25.2 Å². The van der Waals surface area contributed by atoms with Crippen molar-refractivity contribution in [2.24, 2.45) is 4.99 Å². The highest BCUT2D eigenvalue weighted by Gasteiger charge is 1.89. The minimum absolute atomic E-state index is 0.796. The Bertz CT molecular complexity index is 273. The van der Waals surface area contributed by atoms with Crippen molar-refractivity contribution in [3.05, 3.63) is 23.9 Å². The zero-order valence-corrected chi connectivity index (χ0v) is 7.13. The predicted molar refractivity (Wildman–Crippen MR) is 47.4 cm³/mol. The molecular weight excluding hydrogens is 136 g/mol. The first-order valence-electron chi connectivity index (χ1n) is 3.63. The molecule has 1 aromatic heterocycles. The fourth-order valence-electron chi connectivity index (χ4n) is 0.810. The van der Waals surface area contributed by atoms with Crippen LogP contribution in [0.2, 0.25) is 0 Å². The van der Waals surface area contributed by atoms with Crippen LogP contribution < -0.4 is 0 Å². The van der Waals surface area contributed by atoms with Gasteiger partial charge in [-0.3, -0.25) is 0 Å². The molecule has 2 heteroatoms. The Morgan fingerprint density at radius 2 is 2.18 bits per heavy atom. The largest absolute Gasteiger partial charge is 0.239 e. The molecule has 0 aromatic carbocycles.